The largest absolute Gasteiger partial charge is 0.416 e. The minimum Gasteiger partial charge on any atom is -0.366 e. The monoisotopic (exact) mass is 414 g/mol. The van der Waals surface area contributed by atoms with Crippen LogP contribution in [0.15, 0.2) is 24.4 Å². The molecule has 150 valence electrons. The van der Waals surface area contributed by atoms with Crippen LogP contribution < -0.4 is 10.2 Å². The Morgan fingerprint density at radius 1 is 1.36 bits per heavy atom. The fourth-order valence-corrected chi connectivity index (χ4v) is 3.78. The molecule has 0 aliphatic carbocycles. The second kappa shape index (κ2) is 7.74. The van der Waals surface area contributed by atoms with Gasteiger partial charge in [0.15, 0.2) is 5.13 Å². The molecule has 2 aromatic rings. The minimum atomic E-state index is -4.65. The number of anilines is 2. The summed E-state index contributed by atoms with van der Waals surface area (Å²) in [6.45, 7) is 2.55. The topological polar surface area (TPSA) is 88.4 Å². The number of benzene rings is 1. The van der Waals surface area contributed by atoms with Crippen LogP contribution in [0.25, 0.3) is 0 Å². The number of nitrogens with one attached hydrogen (secondary N) is 1. The highest BCUT2D eigenvalue weighted by Crippen LogP contribution is 2.37. The van der Waals surface area contributed by atoms with Crippen LogP contribution >= 0.6 is 11.3 Å². The van der Waals surface area contributed by atoms with Gasteiger partial charge in [-0.3, -0.25) is 14.9 Å². The number of aromatic nitrogens is 1. The Labute approximate surface area is 162 Å². The number of hydrogen-bond donors (Lipinski definition) is 1. The van der Waals surface area contributed by atoms with Gasteiger partial charge in [-0.1, -0.05) is 0 Å². The quantitative estimate of drug-likeness (QED) is 0.597. The third kappa shape index (κ3) is 4.41. The molecule has 1 amide bonds. The highest BCUT2D eigenvalue weighted by atomic mass is 32.1. The summed E-state index contributed by atoms with van der Waals surface area (Å²) in [5.74, 6) is -0.454. The molecule has 1 N–H and O–H groups in total. The molecular formula is C17H17F3N4O3S. The summed E-state index contributed by atoms with van der Waals surface area (Å²) >= 11 is 1.37. The maximum atomic E-state index is 12.8. The Morgan fingerprint density at radius 3 is 2.57 bits per heavy atom. The first kappa shape index (κ1) is 20.1. The zero-order valence-electron chi connectivity index (χ0n) is 14.8. The lowest BCUT2D eigenvalue weighted by molar-refractivity contribution is -0.384. The predicted molar refractivity (Wildman–Crippen MR) is 98.5 cm³/mol. The molecule has 1 fully saturated rings. The van der Waals surface area contributed by atoms with Crippen molar-refractivity contribution in [3.05, 3.63) is 45.0 Å². The number of nitro groups is 1. The Bertz CT molecular complexity index is 892. The van der Waals surface area contributed by atoms with Gasteiger partial charge >= 0.3 is 6.18 Å². The summed E-state index contributed by atoms with van der Waals surface area (Å²) in [6, 6.07) is 2.52. The Morgan fingerprint density at radius 2 is 2.04 bits per heavy atom. The van der Waals surface area contributed by atoms with Crippen LogP contribution in [0.1, 0.15) is 23.3 Å². The van der Waals surface area contributed by atoms with Gasteiger partial charge in [0.2, 0.25) is 5.91 Å². The van der Waals surface area contributed by atoms with Gasteiger partial charge in [0.25, 0.3) is 5.69 Å². The summed E-state index contributed by atoms with van der Waals surface area (Å²) in [6.07, 6.45) is -2.11. The van der Waals surface area contributed by atoms with Crippen molar-refractivity contribution in [2.24, 2.45) is 5.92 Å². The van der Waals surface area contributed by atoms with E-state index in [2.05, 4.69) is 10.3 Å². The highest BCUT2D eigenvalue weighted by molar-refractivity contribution is 7.15. The van der Waals surface area contributed by atoms with Gasteiger partial charge in [0.1, 0.15) is 5.69 Å². The van der Waals surface area contributed by atoms with Crippen LogP contribution in [0.3, 0.4) is 0 Å². The average Bonchev–Trinajstić information content (AvgIpc) is 3.05. The number of nitro benzene ring substituents is 1. The Kier molecular flexibility index (Phi) is 5.54. The summed E-state index contributed by atoms with van der Waals surface area (Å²) in [7, 11) is 0. The van der Waals surface area contributed by atoms with Gasteiger partial charge < -0.3 is 10.2 Å². The predicted octanol–water partition coefficient (Wildman–Crippen LogP) is 4.23. The number of carbonyl (C=O) groups excluding carboxylic acids is 1. The van der Waals surface area contributed by atoms with Crippen LogP contribution in [0, 0.1) is 23.0 Å². The van der Waals surface area contributed by atoms with E-state index in [-0.39, 0.29) is 17.5 Å². The lowest BCUT2D eigenvalue weighted by Gasteiger charge is -2.32. The number of hydrogen-bond acceptors (Lipinski definition) is 6. The lowest BCUT2D eigenvalue weighted by Crippen LogP contribution is -2.38. The Balaban J connectivity index is 1.69. The highest BCUT2D eigenvalue weighted by Gasteiger charge is 2.35. The number of amides is 1. The van der Waals surface area contributed by atoms with Gasteiger partial charge in [-0.2, -0.15) is 13.2 Å². The first-order chi connectivity index (χ1) is 13.1. The van der Waals surface area contributed by atoms with Crippen molar-refractivity contribution in [1.82, 2.24) is 4.98 Å². The Hall–Kier alpha value is -2.69. The molecule has 1 aliphatic heterocycles. The van der Waals surface area contributed by atoms with E-state index in [9.17, 15) is 28.1 Å². The molecule has 7 nitrogen and oxygen atoms in total. The van der Waals surface area contributed by atoms with Gasteiger partial charge in [0, 0.05) is 36.1 Å². The van der Waals surface area contributed by atoms with Gasteiger partial charge in [-0.15, -0.1) is 11.3 Å². The number of piperidine rings is 1. The van der Waals surface area contributed by atoms with Crippen LogP contribution in [0.5, 0.6) is 0 Å². The van der Waals surface area contributed by atoms with Crippen molar-refractivity contribution >= 4 is 33.8 Å². The molecule has 11 heteroatoms. The fraction of sp³-hybridized carbons (Fsp3) is 0.412. The number of halogens is 3. The zero-order valence-corrected chi connectivity index (χ0v) is 15.6. The molecule has 0 radical (unpaired) electrons. The molecule has 3 rings (SSSR count). The molecule has 1 aliphatic rings. The van der Waals surface area contributed by atoms with E-state index >= 15 is 0 Å². The number of nitrogens with zero attached hydrogens (tertiary/aromatic N) is 3. The first-order valence-corrected chi connectivity index (χ1v) is 9.30. The maximum absolute atomic E-state index is 12.8. The molecule has 0 spiro atoms. The van der Waals surface area contributed by atoms with Gasteiger partial charge in [-0.25, -0.2) is 4.98 Å². The number of thiazole rings is 1. The van der Waals surface area contributed by atoms with E-state index in [1.165, 1.54) is 11.3 Å². The van der Waals surface area contributed by atoms with Crippen molar-refractivity contribution < 1.29 is 22.9 Å². The van der Waals surface area contributed by atoms with E-state index in [4.69, 9.17) is 0 Å². The van der Waals surface area contributed by atoms with Crippen LogP contribution in [0.2, 0.25) is 0 Å². The second-order valence-electron chi connectivity index (χ2n) is 6.48. The average molecular weight is 414 g/mol. The van der Waals surface area contributed by atoms with Gasteiger partial charge in [-0.05, 0) is 31.9 Å². The summed E-state index contributed by atoms with van der Waals surface area (Å²) in [5.41, 5.74) is -1.51. The van der Waals surface area contributed by atoms with Crippen molar-refractivity contribution in [3.63, 3.8) is 0 Å². The molecule has 28 heavy (non-hydrogen) atoms. The zero-order chi connectivity index (χ0) is 20.5. The van der Waals surface area contributed by atoms with E-state index in [0.29, 0.717) is 37.1 Å². The number of alkyl halides is 3. The van der Waals surface area contributed by atoms with Crippen LogP contribution in [-0.4, -0.2) is 28.9 Å². The molecular weight excluding hydrogens is 397 g/mol. The summed E-state index contributed by atoms with van der Waals surface area (Å²) < 4.78 is 38.5. The molecule has 1 aromatic heterocycles. The normalized spacial score (nSPS) is 15.5. The third-order valence-corrected chi connectivity index (χ3v) is 5.39. The van der Waals surface area contributed by atoms with Crippen LogP contribution in [-0.2, 0) is 11.0 Å². The number of rotatable bonds is 4. The van der Waals surface area contributed by atoms with Crippen molar-refractivity contribution in [1.29, 1.82) is 0 Å². The molecule has 1 saturated heterocycles. The SMILES string of the molecule is Cc1cnc(NC(=O)C2CCN(c3ccc(C(F)(F)F)cc3[N+](=O)[O-])CC2)s1. The molecule has 0 atom stereocenters. The van der Waals surface area contributed by atoms with Gasteiger partial charge in [0.05, 0.1) is 10.5 Å². The number of carbonyl (C=O) groups is 1. The fourth-order valence-electron chi connectivity index (χ4n) is 3.12. The van der Waals surface area contributed by atoms with E-state index in [1.807, 2.05) is 6.92 Å². The first-order valence-electron chi connectivity index (χ1n) is 8.49. The molecule has 0 unspecified atom stereocenters. The van der Waals surface area contributed by atoms with Crippen LogP contribution in [0.4, 0.5) is 29.7 Å². The van der Waals surface area contributed by atoms with E-state index in [0.717, 1.165) is 17.0 Å². The molecule has 1 aromatic carbocycles. The lowest BCUT2D eigenvalue weighted by atomic mass is 9.95. The summed E-state index contributed by atoms with van der Waals surface area (Å²) in [4.78, 5) is 29.5. The molecule has 0 saturated carbocycles. The van der Waals surface area contributed by atoms with E-state index < -0.39 is 22.4 Å². The smallest absolute Gasteiger partial charge is 0.366 e. The van der Waals surface area contributed by atoms with Crippen molar-refractivity contribution in [2.75, 3.05) is 23.3 Å². The molecule has 0 bridgehead atoms. The maximum Gasteiger partial charge on any atom is 0.416 e. The third-order valence-electron chi connectivity index (χ3n) is 4.56. The number of aryl methyl sites for hydroxylation is 1. The second-order valence-corrected chi connectivity index (χ2v) is 7.72. The minimum absolute atomic E-state index is 0.132. The summed E-state index contributed by atoms with van der Waals surface area (Å²) in [5, 5.41) is 14.5. The standard InChI is InChI=1S/C17H17F3N4O3S/c1-10-9-21-16(28-10)22-15(25)11-4-6-23(7-5-11)13-3-2-12(17(18,19)20)8-14(13)24(26)27/h2-3,8-9,11H,4-7H2,1H3,(H,21,22,25). The van der Waals surface area contributed by atoms with Crippen molar-refractivity contribution in [2.45, 2.75) is 25.9 Å². The van der Waals surface area contributed by atoms with Crippen molar-refractivity contribution in [3.8, 4) is 0 Å². The van der Waals surface area contributed by atoms with E-state index in [1.54, 1.807) is 11.1 Å². The molecule has 2 heterocycles.